The van der Waals surface area contributed by atoms with Gasteiger partial charge in [0, 0.05) is 4.90 Å². The van der Waals surface area contributed by atoms with E-state index >= 15 is 0 Å². The van der Waals surface area contributed by atoms with Gasteiger partial charge in [0.1, 0.15) is 11.6 Å². The highest BCUT2D eigenvalue weighted by atomic mass is 32.2. The fourth-order valence-corrected chi connectivity index (χ4v) is 3.71. The second-order valence-electron chi connectivity index (χ2n) is 5.74. The van der Waals surface area contributed by atoms with Gasteiger partial charge in [-0.25, -0.2) is 22.3 Å². The third-order valence-corrected chi connectivity index (χ3v) is 5.25. The molecule has 0 unspecified atom stereocenters. The molecule has 136 valence electrons. The topological polar surface area (TPSA) is 83.9 Å². The standard InChI is InChI=1S/C19H12F2N2O2S2/c20-16-7-14(8-17(21)19(16)27(23,24)25)12-4-5-15(18(26)9-12)13-3-1-2-11(6-13)10-22/h1-9,26H,(H2,23,24,25). The number of rotatable bonds is 3. The van der Waals surface area contributed by atoms with E-state index in [-0.39, 0.29) is 5.56 Å². The van der Waals surface area contributed by atoms with Crippen molar-refractivity contribution in [1.82, 2.24) is 0 Å². The minimum Gasteiger partial charge on any atom is -0.224 e. The van der Waals surface area contributed by atoms with Gasteiger partial charge >= 0.3 is 0 Å². The van der Waals surface area contributed by atoms with E-state index in [1.807, 2.05) is 6.07 Å². The van der Waals surface area contributed by atoms with Crippen molar-refractivity contribution in [2.45, 2.75) is 9.79 Å². The molecule has 0 spiro atoms. The first-order valence-electron chi connectivity index (χ1n) is 7.56. The monoisotopic (exact) mass is 402 g/mol. The molecule has 0 aliphatic carbocycles. The Labute approximate surface area is 160 Å². The SMILES string of the molecule is N#Cc1cccc(-c2ccc(-c3cc(F)c(S(N)(=O)=O)c(F)c3)cc2S)c1. The van der Waals surface area contributed by atoms with Crippen LogP contribution in [0, 0.1) is 23.0 Å². The maximum atomic E-state index is 14.1. The second kappa shape index (κ2) is 7.12. The lowest BCUT2D eigenvalue weighted by atomic mass is 9.99. The van der Waals surface area contributed by atoms with Crippen molar-refractivity contribution in [3.05, 3.63) is 71.8 Å². The molecule has 4 nitrogen and oxygen atoms in total. The van der Waals surface area contributed by atoms with Crippen LogP contribution in [0.2, 0.25) is 0 Å². The highest BCUT2D eigenvalue weighted by Crippen LogP contribution is 2.33. The summed E-state index contributed by atoms with van der Waals surface area (Å²) in [6.45, 7) is 0. The lowest BCUT2D eigenvalue weighted by molar-refractivity contribution is 0.520. The van der Waals surface area contributed by atoms with E-state index in [2.05, 4.69) is 18.7 Å². The van der Waals surface area contributed by atoms with Crippen LogP contribution < -0.4 is 5.14 Å². The molecule has 3 aromatic rings. The van der Waals surface area contributed by atoms with Crippen LogP contribution in [0.3, 0.4) is 0 Å². The molecule has 3 aromatic carbocycles. The number of benzene rings is 3. The van der Waals surface area contributed by atoms with Crippen molar-refractivity contribution < 1.29 is 17.2 Å². The summed E-state index contributed by atoms with van der Waals surface area (Å²) < 4.78 is 50.7. The van der Waals surface area contributed by atoms with Crippen LogP contribution in [0.4, 0.5) is 8.78 Å². The minimum absolute atomic E-state index is 0.144. The predicted octanol–water partition coefficient (Wildman–Crippen LogP) is 4.11. The molecule has 0 fully saturated rings. The van der Waals surface area contributed by atoms with Crippen LogP contribution in [0.25, 0.3) is 22.3 Å². The zero-order chi connectivity index (χ0) is 19.8. The van der Waals surface area contributed by atoms with Gasteiger partial charge in [-0.05, 0) is 52.6 Å². The Balaban J connectivity index is 2.08. The van der Waals surface area contributed by atoms with Gasteiger partial charge in [-0.2, -0.15) is 5.26 Å². The zero-order valence-electron chi connectivity index (χ0n) is 13.6. The van der Waals surface area contributed by atoms with Crippen molar-refractivity contribution >= 4 is 22.7 Å². The van der Waals surface area contributed by atoms with Crippen LogP contribution in [-0.2, 0) is 10.0 Å². The number of sulfonamides is 1. The van der Waals surface area contributed by atoms with Crippen LogP contribution in [0.1, 0.15) is 5.56 Å². The first-order valence-corrected chi connectivity index (χ1v) is 9.56. The Morgan fingerprint density at radius 1 is 0.926 bits per heavy atom. The number of thiol groups is 1. The summed E-state index contributed by atoms with van der Waals surface area (Å²) in [5.74, 6) is -2.53. The van der Waals surface area contributed by atoms with Crippen molar-refractivity contribution in [3.63, 3.8) is 0 Å². The summed E-state index contributed by atoms with van der Waals surface area (Å²) in [6.07, 6.45) is 0. The van der Waals surface area contributed by atoms with Gasteiger partial charge < -0.3 is 0 Å². The van der Waals surface area contributed by atoms with Gasteiger partial charge in [0.25, 0.3) is 0 Å². The smallest absolute Gasteiger partial charge is 0.224 e. The Kier molecular flexibility index (Phi) is 5.02. The second-order valence-corrected chi connectivity index (χ2v) is 7.72. The third-order valence-electron chi connectivity index (χ3n) is 3.92. The van der Waals surface area contributed by atoms with Crippen molar-refractivity contribution in [1.29, 1.82) is 5.26 Å². The molecule has 0 bridgehead atoms. The summed E-state index contributed by atoms with van der Waals surface area (Å²) in [4.78, 5) is -0.638. The number of halogens is 2. The third kappa shape index (κ3) is 3.85. The Hall–Kier alpha value is -2.73. The highest BCUT2D eigenvalue weighted by Gasteiger charge is 2.21. The van der Waals surface area contributed by atoms with E-state index in [1.54, 1.807) is 36.4 Å². The number of primary sulfonamides is 1. The van der Waals surface area contributed by atoms with Crippen molar-refractivity contribution in [2.24, 2.45) is 5.14 Å². The maximum Gasteiger partial charge on any atom is 0.243 e. The van der Waals surface area contributed by atoms with Crippen LogP contribution in [-0.4, -0.2) is 8.42 Å². The summed E-state index contributed by atoms with van der Waals surface area (Å²) in [6, 6.07) is 15.7. The molecular formula is C19H12F2N2O2S2. The quantitative estimate of drug-likeness (QED) is 0.647. The fraction of sp³-hybridized carbons (Fsp3) is 0. The molecule has 3 rings (SSSR count). The van der Waals surface area contributed by atoms with Crippen LogP contribution in [0.5, 0.6) is 0 Å². The Morgan fingerprint density at radius 3 is 2.15 bits per heavy atom. The van der Waals surface area contributed by atoms with Crippen molar-refractivity contribution in [3.8, 4) is 28.3 Å². The molecule has 0 aliphatic rings. The van der Waals surface area contributed by atoms with E-state index in [0.717, 1.165) is 23.3 Å². The molecule has 0 aromatic heterocycles. The fourth-order valence-electron chi connectivity index (χ4n) is 2.71. The number of hydrogen-bond acceptors (Lipinski definition) is 4. The van der Waals surface area contributed by atoms with Gasteiger partial charge in [-0.3, -0.25) is 0 Å². The average molecular weight is 402 g/mol. The van der Waals surface area contributed by atoms with Gasteiger partial charge in [-0.15, -0.1) is 12.6 Å². The maximum absolute atomic E-state index is 14.1. The van der Waals surface area contributed by atoms with Gasteiger partial charge in [-0.1, -0.05) is 24.3 Å². The zero-order valence-corrected chi connectivity index (χ0v) is 15.4. The first-order chi connectivity index (χ1) is 12.7. The molecule has 0 amide bonds. The van der Waals surface area contributed by atoms with E-state index < -0.39 is 26.6 Å². The van der Waals surface area contributed by atoms with E-state index in [1.165, 1.54) is 0 Å². The minimum atomic E-state index is -4.51. The van der Waals surface area contributed by atoms with E-state index in [9.17, 15) is 17.2 Å². The first kappa shape index (κ1) is 19.0. The highest BCUT2D eigenvalue weighted by molar-refractivity contribution is 7.89. The molecule has 0 heterocycles. The lowest BCUT2D eigenvalue weighted by Crippen LogP contribution is -2.16. The molecule has 0 radical (unpaired) electrons. The normalized spacial score (nSPS) is 11.2. The van der Waals surface area contributed by atoms with Crippen LogP contribution in [0.15, 0.2) is 64.4 Å². The molecule has 8 heteroatoms. The Bertz CT molecular complexity index is 1180. The number of nitrogens with zero attached hydrogens (tertiary/aromatic N) is 1. The predicted molar refractivity (Wildman–Crippen MR) is 101 cm³/mol. The van der Waals surface area contributed by atoms with Crippen molar-refractivity contribution in [2.75, 3.05) is 0 Å². The summed E-state index contributed by atoms with van der Waals surface area (Å²) >= 11 is 4.42. The average Bonchev–Trinajstić information content (AvgIpc) is 2.59. The van der Waals surface area contributed by atoms with E-state index in [0.29, 0.717) is 16.0 Å². The number of hydrogen-bond donors (Lipinski definition) is 2. The summed E-state index contributed by atoms with van der Waals surface area (Å²) in [5.41, 5.74) is 2.59. The lowest BCUT2D eigenvalue weighted by Gasteiger charge is -2.10. The summed E-state index contributed by atoms with van der Waals surface area (Å²) in [7, 11) is -4.51. The van der Waals surface area contributed by atoms with Gasteiger partial charge in [0.15, 0.2) is 4.90 Å². The molecule has 0 atom stereocenters. The number of nitriles is 1. The van der Waals surface area contributed by atoms with Crippen LogP contribution >= 0.6 is 12.6 Å². The van der Waals surface area contributed by atoms with Gasteiger partial charge in [0.05, 0.1) is 11.6 Å². The van der Waals surface area contributed by atoms with E-state index in [4.69, 9.17) is 10.4 Å². The Morgan fingerprint density at radius 2 is 1.59 bits per heavy atom. The summed E-state index contributed by atoms with van der Waals surface area (Å²) in [5, 5.41) is 13.8. The van der Waals surface area contributed by atoms with Gasteiger partial charge in [0.2, 0.25) is 10.0 Å². The molecule has 0 saturated carbocycles. The largest absolute Gasteiger partial charge is 0.243 e. The molecule has 2 N–H and O–H groups in total. The molecule has 27 heavy (non-hydrogen) atoms. The molecular weight excluding hydrogens is 390 g/mol. The number of nitrogens with two attached hydrogens (primary N) is 1. The molecule has 0 aliphatic heterocycles. The molecule has 0 saturated heterocycles.